The van der Waals surface area contributed by atoms with E-state index in [1.165, 1.54) is 6.07 Å². The fourth-order valence-electron chi connectivity index (χ4n) is 1.80. The van der Waals surface area contributed by atoms with Gasteiger partial charge in [0.15, 0.2) is 11.5 Å². The number of rotatable bonds is 9. The van der Waals surface area contributed by atoms with Gasteiger partial charge in [0.1, 0.15) is 10.8 Å². The fourth-order valence-corrected chi connectivity index (χ4v) is 3.82. The summed E-state index contributed by atoms with van der Waals surface area (Å²) in [6.45, 7) is 0.163. The Balaban J connectivity index is 1.70. The Hall–Kier alpha value is -2.10. The molecule has 9 heteroatoms. The van der Waals surface area contributed by atoms with Crippen molar-refractivity contribution in [3.05, 3.63) is 41.8 Å². The highest BCUT2D eigenvalue weighted by Gasteiger charge is 2.16. The van der Waals surface area contributed by atoms with E-state index in [4.69, 9.17) is 9.47 Å². The molecule has 0 aliphatic carbocycles. The number of hydrogen-bond acceptors (Lipinski definition) is 6. The lowest BCUT2D eigenvalue weighted by molar-refractivity contribution is -0.120. The van der Waals surface area contributed by atoms with Gasteiger partial charge in [0.2, 0.25) is 5.91 Å². The average Bonchev–Trinajstić information content (AvgIpc) is 3.13. The molecule has 0 atom stereocenters. The van der Waals surface area contributed by atoms with E-state index in [0.29, 0.717) is 11.5 Å². The second-order valence-electron chi connectivity index (χ2n) is 4.61. The van der Waals surface area contributed by atoms with E-state index in [1.54, 1.807) is 30.7 Å². The van der Waals surface area contributed by atoms with Gasteiger partial charge in [-0.15, -0.1) is 11.3 Å². The van der Waals surface area contributed by atoms with Crippen molar-refractivity contribution < 1.29 is 22.7 Å². The van der Waals surface area contributed by atoms with E-state index < -0.39 is 15.9 Å². The SMILES string of the molecule is COc1ccccc1OCCNC(=O)CNS(=O)(=O)c1cccs1. The highest BCUT2D eigenvalue weighted by molar-refractivity contribution is 7.91. The van der Waals surface area contributed by atoms with Gasteiger partial charge in [0.25, 0.3) is 10.0 Å². The molecule has 0 unspecified atom stereocenters. The van der Waals surface area contributed by atoms with Crippen LogP contribution < -0.4 is 19.5 Å². The van der Waals surface area contributed by atoms with Crippen LogP contribution in [0.15, 0.2) is 46.0 Å². The molecule has 1 aromatic carbocycles. The van der Waals surface area contributed by atoms with E-state index in [1.807, 2.05) is 12.1 Å². The van der Waals surface area contributed by atoms with Crippen LogP contribution >= 0.6 is 11.3 Å². The largest absolute Gasteiger partial charge is 0.493 e. The maximum absolute atomic E-state index is 11.9. The van der Waals surface area contributed by atoms with Crippen LogP contribution in [0.25, 0.3) is 0 Å². The topological polar surface area (TPSA) is 93.7 Å². The highest BCUT2D eigenvalue weighted by Crippen LogP contribution is 2.25. The molecule has 0 saturated heterocycles. The first-order valence-electron chi connectivity index (χ1n) is 7.08. The smallest absolute Gasteiger partial charge is 0.250 e. The van der Waals surface area contributed by atoms with Gasteiger partial charge < -0.3 is 14.8 Å². The lowest BCUT2D eigenvalue weighted by Crippen LogP contribution is -2.38. The predicted molar refractivity (Wildman–Crippen MR) is 91.0 cm³/mol. The van der Waals surface area contributed by atoms with Crippen molar-refractivity contribution in [1.82, 2.24) is 10.0 Å². The van der Waals surface area contributed by atoms with Gasteiger partial charge in [-0.05, 0) is 23.6 Å². The maximum Gasteiger partial charge on any atom is 0.250 e. The number of sulfonamides is 1. The zero-order valence-electron chi connectivity index (χ0n) is 13.0. The molecule has 2 aromatic rings. The summed E-state index contributed by atoms with van der Waals surface area (Å²) in [4.78, 5) is 11.7. The molecular weight excluding hydrogens is 352 g/mol. The van der Waals surface area contributed by atoms with Gasteiger partial charge >= 0.3 is 0 Å². The van der Waals surface area contributed by atoms with Crippen molar-refractivity contribution in [3.8, 4) is 11.5 Å². The van der Waals surface area contributed by atoms with Crippen LogP contribution in [0.2, 0.25) is 0 Å². The number of nitrogens with one attached hydrogen (secondary N) is 2. The van der Waals surface area contributed by atoms with Crippen LogP contribution in [0.5, 0.6) is 11.5 Å². The molecule has 1 heterocycles. The van der Waals surface area contributed by atoms with Crippen LogP contribution in [-0.2, 0) is 14.8 Å². The predicted octanol–water partition coefficient (Wildman–Crippen LogP) is 1.23. The summed E-state index contributed by atoms with van der Waals surface area (Å²) in [6.07, 6.45) is 0. The fraction of sp³-hybridized carbons (Fsp3) is 0.267. The van der Waals surface area contributed by atoms with Crippen molar-refractivity contribution in [2.75, 3.05) is 26.8 Å². The third-order valence-electron chi connectivity index (χ3n) is 2.93. The molecule has 7 nitrogen and oxygen atoms in total. The van der Waals surface area contributed by atoms with Gasteiger partial charge in [-0.2, -0.15) is 0 Å². The zero-order valence-corrected chi connectivity index (χ0v) is 14.7. The molecule has 1 amide bonds. The van der Waals surface area contributed by atoms with Gasteiger partial charge in [-0.1, -0.05) is 18.2 Å². The van der Waals surface area contributed by atoms with Gasteiger partial charge in [-0.3, -0.25) is 4.79 Å². The quantitative estimate of drug-likeness (QED) is 0.648. The van der Waals surface area contributed by atoms with E-state index >= 15 is 0 Å². The molecule has 2 N–H and O–H groups in total. The molecule has 1 aromatic heterocycles. The number of carbonyl (C=O) groups is 1. The monoisotopic (exact) mass is 370 g/mol. The summed E-state index contributed by atoms with van der Waals surface area (Å²) in [7, 11) is -2.09. The summed E-state index contributed by atoms with van der Waals surface area (Å²) >= 11 is 1.09. The van der Waals surface area contributed by atoms with Crippen molar-refractivity contribution in [2.45, 2.75) is 4.21 Å². The number of hydrogen-bond donors (Lipinski definition) is 2. The Labute approximate surface area is 144 Å². The third kappa shape index (κ3) is 5.22. The number of ether oxygens (including phenoxy) is 2. The van der Waals surface area contributed by atoms with E-state index in [-0.39, 0.29) is 23.9 Å². The average molecular weight is 370 g/mol. The number of carbonyl (C=O) groups excluding carboxylic acids is 1. The summed E-state index contributed by atoms with van der Waals surface area (Å²) in [6, 6.07) is 10.3. The number of amides is 1. The molecule has 24 heavy (non-hydrogen) atoms. The molecular formula is C15H18N2O5S2. The Morgan fingerprint density at radius 1 is 1.17 bits per heavy atom. The Bertz CT molecular complexity index is 760. The number of benzene rings is 1. The lowest BCUT2D eigenvalue weighted by atomic mass is 10.3. The molecule has 0 radical (unpaired) electrons. The molecule has 0 saturated carbocycles. The first kappa shape index (κ1) is 18.2. The van der Waals surface area contributed by atoms with Crippen LogP contribution in [-0.4, -0.2) is 41.1 Å². The standard InChI is InChI=1S/C15H18N2O5S2/c1-21-12-5-2-3-6-13(12)22-9-8-16-14(18)11-17-24(19,20)15-7-4-10-23-15/h2-7,10,17H,8-9,11H2,1H3,(H,16,18). The lowest BCUT2D eigenvalue weighted by Gasteiger charge is -2.11. The summed E-state index contributed by atoms with van der Waals surface area (Å²) in [5.41, 5.74) is 0. The van der Waals surface area contributed by atoms with Gasteiger partial charge in [-0.25, -0.2) is 13.1 Å². The second-order valence-corrected chi connectivity index (χ2v) is 7.55. The molecule has 0 aliphatic rings. The van der Waals surface area contributed by atoms with Gasteiger partial charge in [0.05, 0.1) is 20.2 Å². The third-order valence-corrected chi connectivity index (χ3v) is 5.73. The minimum absolute atomic E-state index is 0.176. The summed E-state index contributed by atoms with van der Waals surface area (Å²) < 4.78 is 36.8. The van der Waals surface area contributed by atoms with Crippen molar-refractivity contribution >= 4 is 27.3 Å². The zero-order chi connectivity index (χ0) is 17.4. The highest BCUT2D eigenvalue weighted by atomic mass is 32.2. The minimum atomic E-state index is -3.63. The van der Waals surface area contributed by atoms with E-state index in [2.05, 4.69) is 10.0 Å². The van der Waals surface area contributed by atoms with Crippen molar-refractivity contribution in [2.24, 2.45) is 0 Å². The van der Waals surface area contributed by atoms with Crippen LogP contribution in [0, 0.1) is 0 Å². The normalized spacial score (nSPS) is 11.0. The molecule has 130 valence electrons. The first-order chi connectivity index (χ1) is 11.5. The van der Waals surface area contributed by atoms with Crippen molar-refractivity contribution in [3.63, 3.8) is 0 Å². The van der Waals surface area contributed by atoms with Crippen LogP contribution in [0.1, 0.15) is 0 Å². The maximum atomic E-state index is 11.9. The van der Waals surface area contributed by atoms with Crippen LogP contribution in [0.3, 0.4) is 0 Å². The molecule has 0 spiro atoms. The molecule has 2 rings (SSSR count). The van der Waals surface area contributed by atoms with Gasteiger partial charge in [0, 0.05) is 0 Å². The molecule has 0 bridgehead atoms. The number of thiophene rings is 1. The van der Waals surface area contributed by atoms with E-state index in [9.17, 15) is 13.2 Å². The Morgan fingerprint density at radius 3 is 2.58 bits per heavy atom. The first-order valence-corrected chi connectivity index (χ1v) is 9.45. The summed E-state index contributed by atoms with van der Waals surface area (Å²) in [5.74, 6) is 0.749. The molecule has 0 fully saturated rings. The van der Waals surface area contributed by atoms with Crippen molar-refractivity contribution in [1.29, 1.82) is 0 Å². The number of para-hydroxylation sites is 2. The summed E-state index contributed by atoms with van der Waals surface area (Å²) in [5, 5.41) is 4.24. The Morgan fingerprint density at radius 2 is 1.92 bits per heavy atom. The van der Waals surface area contributed by atoms with Crippen LogP contribution in [0.4, 0.5) is 0 Å². The minimum Gasteiger partial charge on any atom is -0.493 e. The second kappa shape index (κ2) is 8.67. The van der Waals surface area contributed by atoms with E-state index in [0.717, 1.165) is 11.3 Å². The molecule has 0 aliphatic heterocycles. The Kier molecular flexibility index (Phi) is 6.59. The number of methoxy groups -OCH3 is 1.